The fourth-order valence-electron chi connectivity index (χ4n) is 2.70. The van der Waals surface area contributed by atoms with Gasteiger partial charge in [0, 0.05) is 19.2 Å². The summed E-state index contributed by atoms with van der Waals surface area (Å²) in [5.74, 6) is -0.970. The van der Waals surface area contributed by atoms with Gasteiger partial charge in [0.05, 0.1) is 10.7 Å². The Morgan fingerprint density at radius 2 is 2.04 bits per heavy atom. The average molecular weight is 420 g/mol. The number of nitrogens with one attached hydrogen (secondary N) is 1. The van der Waals surface area contributed by atoms with Gasteiger partial charge in [-0.05, 0) is 49.2 Å². The molecule has 2 aromatic rings. The number of thioether (sulfide) groups is 1. The number of hydrogen-bond donors (Lipinski definition) is 1. The van der Waals surface area contributed by atoms with Crippen LogP contribution < -0.4 is 5.32 Å². The van der Waals surface area contributed by atoms with Crippen LogP contribution in [0.5, 0.6) is 0 Å². The van der Waals surface area contributed by atoms with Gasteiger partial charge in [-0.1, -0.05) is 35.5 Å². The second kappa shape index (κ2) is 8.32. The molecule has 28 heavy (non-hydrogen) atoms. The van der Waals surface area contributed by atoms with E-state index in [0.29, 0.717) is 10.9 Å². The number of carbonyl (C=O) groups is 2. The largest absolute Gasteiger partial charge is 0.326 e. The fourth-order valence-corrected chi connectivity index (χ4v) is 4.03. The second-order valence-electron chi connectivity index (χ2n) is 6.57. The highest BCUT2D eigenvalue weighted by molar-refractivity contribution is 8.15. The summed E-state index contributed by atoms with van der Waals surface area (Å²) in [6.07, 6.45) is 0.0322. The van der Waals surface area contributed by atoms with Crippen LogP contribution in [-0.4, -0.2) is 34.2 Å². The minimum atomic E-state index is -0.565. The summed E-state index contributed by atoms with van der Waals surface area (Å²) in [4.78, 5) is 30.7. The van der Waals surface area contributed by atoms with E-state index >= 15 is 0 Å². The summed E-state index contributed by atoms with van der Waals surface area (Å²) in [5, 5.41) is 2.71. The maximum absolute atomic E-state index is 13.3. The molecule has 1 heterocycles. The van der Waals surface area contributed by atoms with Crippen molar-refractivity contribution in [2.45, 2.75) is 25.5 Å². The number of rotatable bonds is 4. The Morgan fingerprint density at radius 1 is 1.29 bits per heavy atom. The highest BCUT2D eigenvalue weighted by Gasteiger charge is 2.37. The van der Waals surface area contributed by atoms with Crippen molar-refractivity contribution in [1.82, 2.24) is 4.90 Å². The fraction of sp³-hybridized carbons (Fsp3) is 0.250. The van der Waals surface area contributed by atoms with E-state index in [1.165, 1.54) is 34.9 Å². The zero-order valence-corrected chi connectivity index (χ0v) is 17.2. The minimum absolute atomic E-state index is 0.0322. The summed E-state index contributed by atoms with van der Waals surface area (Å²) < 4.78 is 13.3. The molecule has 8 heteroatoms. The molecule has 1 fully saturated rings. The third-order valence-electron chi connectivity index (χ3n) is 4.31. The molecule has 0 aliphatic carbocycles. The SMILES string of the molecule is Cc1ccc(C)c(NC(=O)C[C@@H]2SC(=Nc3ccc(F)c(Cl)c3)N(C)C2=O)c1. The van der Waals surface area contributed by atoms with E-state index in [0.717, 1.165) is 16.8 Å². The van der Waals surface area contributed by atoms with Crippen molar-refractivity contribution < 1.29 is 14.0 Å². The van der Waals surface area contributed by atoms with Gasteiger partial charge in [0.1, 0.15) is 11.1 Å². The van der Waals surface area contributed by atoms with E-state index in [9.17, 15) is 14.0 Å². The number of aliphatic imine (C=N–C) groups is 1. The topological polar surface area (TPSA) is 61.8 Å². The van der Waals surface area contributed by atoms with Gasteiger partial charge in [-0.25, -0.2) is 9.38 Å². The summed E-state index contributed by atoms with van der Waals surface area (Å²) in [6.45, 7) is 3.86. The number of amides is 2. The van der Waals surface area contributed by atoms with Gasteiger partial charge in [-0.15, -0.1) is 0 Å². The van der Waals surface area contributed by atoms with Crippen LogP contribution in [0.15, 0.2) is 41.4 Å². The van der Waals surface area contributed by atoms with Crippen LogP contribution in [0.4, 0.5) is 15.8 Å². The summed E-state index contributed by atoms with van der Waals surface area (Å²) in [5.41, 5.74) is 3.17. The van der Waals surface area contributed by atoms with E-state index in [1.54, 1.807) is 7.05 Å². The molecule has 0 bridgehead atoms. The molecule has 1 atom stereocenters. The van der Waals surface area contributed by atoms with E-state index in [-0.39, 0.29) is 23.3 Å². The number of amidine groups is 1. The smallest absolute Gasteiger partial charge is 0.242 e. The van der Waals surface area contributed by atoms with Gasteiger partial charge in [0.15, 0.2) is 5.17 Å². The standard InChI is InChI=1S/C20H19ClFN3O2S/c1-11-4-5-12(2)16(8-11)24-18(26)10-17-19(27)25(3)20(28-17)23-13-6-7-15(22)14(21)9-13/h4-9,17H,10H2,1-3H3,(H,24,26)/t17-/m0/s1. The van der Waals surface area contributed by atoms with Crippen LogP contribution in [0.3, 0.4) is 0 Å². The van der Waals surface area contributed by atoms with Crippen LogP contribution in [-0.2, 0) is 9.59 Å². The maximum atomic E-state index is 13.3. The summed E-state index contributed by atoms with van der Waals surface area (Å²) >= 11 is 6.98. The Balaban J connectivity index is 1.70. The quantitative estimate of drug-likeness (QED) is 0.782. The molecule has 1 saturated heterocycles. The Morgan fingerprint density at radius 3 is 2.75 bits per heavy atom. The molecule has 3 rings (SSSR count). The number of carbonyl (C=O) groups excluding carboxylic acids is 2. The molecule has 0 spiro atoms. The van der Waals surface area contributed by atoms with Crippen LogP contribution in [0.25, 0.3) is 0 Å². The number of hydrogen-bond acceptors (Lipinski definition) is 4. The molecular formula is C20H19ClFN3O2S. The average Bonchev–Trinajstić information content (AvgIpc) is 2.89. The first-order chi connectivity index (χ1) is 13.2. The van der Waals surface area contributed by atoms with Crippen molar-refractivity contribution in [2.24, 2.45) is 4.99 Å². The molecule has 1 aliphatic rings. The maximum Gasteiger partial charge on any atom is 0.242 e. The van der Waals surface area contributed by atoms with Gasteiger partial charge >= 0.3 is 0 Å². The van der Waals surface area contributed by atoms with Gasteiger partial charge in [0.2, 0.25) is 11.8 Å². The lowest BCUT2D eigenvalue weighted by Gasteiger charge is -2.11. The molecular weight excluding hydrogens is 401 g/mol. The normalized spacial score (nSPS) is 18.0. The molecule has 5 nitrogen and oxygen atoms in total. The summed E-state index contributed by atoms with van der Waals surface area (Å²) in [7, 11) is 1.60. The first kappa shape index (κ1) is 20.4. The van der Waals surface area contributed by atoms with E-state index in [1.807, 2.05) is 32.0 Å². The molecule has 1 N–H and O–H groups in total. The Kier molecular flexibility index (Phi) is 6.05. The summed E-state index contributed by atoms with van der Waals surface area (Å²) in [6, 6.07) is 9.90. The number of nitrogens with zero attached hydrogens (tertiary/aromatic N) is 2. The molecule has 2 aromatic carbocycles. The van der Waals surface area contributed by atoms with Crippen molar-refractivity contribution in [2.75, 3.05) is 12.4 Å². The predicted molar refractivity (Wildman–Crippen MR) is 112 cm³/mol. The van der Waals surface area contributed by atoms with Gasteiger partial charge < -0.3 is 5.32 Å². The number of halogens is 2. The van der Waals surface area contributed by atoms with Crippen molar-refractivity contribution in [3.63, 3.8) is 0 Å². The lowest BCUT2D eigenvalue weighted by atomic mass is 10.1. The van der Waals surface area contributed by atoms with Crippen LogP contribution in [0.2, 0.25) is 5.02 Å². The van der Waals surface area contributed by atoms with Crippen LogP contribution >= 0.6 is 23.4 Å². The Bertz CT molecular complexity index is 980. The van der Waals surface area contributed by atoms with Gasteiger partial charge in [-0.3, -0.25) is 14.5 Å². The Hall–Kier alpha value is -2.38. The van der Waals surface area contributed by atoms with Gasteiger partial charge in [-0.2, -0.15) is 0 Å². The third kappa shape index (κ3) is 4.54. The molecule has 0 saturated carbocycles. The molecule has 0 aromatic heterocycles. The first-order valence-electron chi connectivity index (χ1n) is 8.59. The predicted octanol–water partition coefficient (Wildman–Crippen LogP) is 4.69. The lowest BCUT2D eigenvalue weighted by Crippen LogP contribution is -2.30. The molecule has 0 radical (unpaired) electrons. The van der Waals surface area contributed by atoms with Crippen molar-refractivity contribution in [1.29, 1.82) is 0 Å². The van der Waals surface area contributed by atoms with Gasteiger partial charge in [0.25, 0.3) is 0 Å². The van der Waals surface area contributed by atoms with Crippen LogP contribution in [0, 0.1) is 19.7 Å². The molecule has 1 aliphatic heterocycles. The lowest BCUT2D eigenvalue weighted by molar-refractivity contribution is -0.127. The molecule has 2 amide bonds. The first-order valence-corrected chi connectivity index (χ1v) is 9.85. The van der Waals surface area contributed by atoms with Crippen molar-refractivity contribution in [3.05, 3.63) is 58.4 Å². The van der Waals surface area contributed by atoms with Crippen molar-refractivity contribution >= 4 is 51.7 Å². The third-order valence-corrected chi connectivity index (χ3v) is 5.82. The Labute approximate surface area is 172 Å². The zero-order valence-electron chi connectivity index (χ0n) is 15.6. The zero-order chi connectivity index (χ0) is 20.4. The minimum Gasteiger partial charge on any atom is -0.326 e. The van der Waals surface area contributed by atoms with Crippen molar-refractivity contribution in [3.8, 4) is 0 Å². The number of aryl methyl sites for hydroxylation is 2. The van der Waals surface area contributed by atoms with Crippen LogP contribution in [0.1, 0.15) is 17.5 Å². The highest BCUT2D eigenvalue weighted by Crippen LogP contribution is 2.32. The number of benzene rings is 2. The molecule has 146 valence electrons. The highest BCUT2D eigenvalue weighted by atomic mass is 35.5. The molecule has 0 unspecified atom stereocenters. The number of anilines is 1. The second-order valence-corrected chi connectivity index (χ2v) is 8.14. The van der Waals surface area contributed by atoms with E-state index in [4.69, 9.17) is 11.6 Å². The van der Waals surface area contributed by atoms with E-state index in [2.05, 4.69) is 10.3 Å². The van der Waals surface area contributed by atoms with E-state index < -0.39 is 11.1 Å². The monoisotopic (exact) mass is 419 g/mol.